The van der Waals surface area contributed by atoms with Gasteiger partial charge in [0.2, 0.25) is 0 Å². The molecule has 0 unspecified atom stereocenters. The van der Waals surface area contributed by atoms with E-state index < -0.39 is 5.97 Å². The number of hydrogen-bond acceptors (Lipinski definition) is 2. The Bertz CT molecular complexity index is 845. The van der Waals surface area contributed by atoms with Gasteiger partial charge < -0.3 is 9.84 Å². The molecule has 3 rings (SSSR count). The highest BCUT2D eigenvalue weighted by atomic mass is 35.5. The lowest BCUT2D eigenvalue weighted by molar-refractivity contribution is -0.136. The predicted octanol–water partition coefficient (Wildman–Crippen LogP) is 5.51. The Morgan fingerprint density at radius 1 is 1.19 bits per heavy atom. The standard InChI is InChI=1S/C21H20ClFO3/c22-20-12-18(9-7-14(20)8-10-21(24)25)26-13-16-4-2-6-19(16)15-3-1-5-17(23)11-15/h1,3,5,7,9,11-12H,2,4,6,8,10,13H2,(H,24,25). The number of hydrogen-bond donors (Lipinski definition) is 1. The molecule has 0 saturated heterocycles. The molecule has 0 aliphatic heterocycles. The molecule has 1 aliphatic rings. The molecule has 0 spiro atoms. The van der Waals surface area contributed by atoms with E-state index in [1.165, 1.54) is 11.6 Å². The lowest BCUT2D eigenvalue weighted by Gasteiger charge is -2.12. The zero-order valence-electron chi connectivity index (χ0n) is 14.3. The van der Waals surface area contributed by atoms with Crippen molar-refractivity contribution in [2.24, 2.45) is 0 Å². The average Bonchev–Trinajstić information content (AvgIpc) is 3.07. The van der Waals surface area contributed by atoms with Crippen molar-refractivity contribution in [3.8, 4) is 5.75 Å². The van der Waals surface area contributed by atoms with Gasteiger partial charge in [-0.25, -0.2) is 4.39 Å². The molecule has 0 fully saturated rings. The number of halogens is 2. The van der Waals surface area contributed by atoms with Gasteiger partial charge in [0.25, 0.3) is 0 Å². The molecule has 0 bridgehead atoms. The molecule has 2 aromatic carbocycles. The van der Waals surface area contributed by atoms with Gasteiger partial charge in [0, 0.05) is 11.4 Å². The fourth-order valence-electron chi connectivity index (χ4n) is 3.22. The molecule has 0 amide bonds. The summed E-state index contributed by atoms with van der Waals surface area (Å²) in [5.41, 5.74) is 4.06. The minimum Gasteiger partial charge on any atom is -0.489 e. The van der Waals surface area contributed by atoms with Crippen molar-refractivity contribution in [2.75, 3.05) is 6.61 Å². The van der Waals surface area contributed by atoms with Gasteiger partial charge in [-0.1, -0.05) is 29.8 Å². The second-order valence-electron chi connectivity index (χ2n) is 6.38. The molecule has 1 N–H and O–H groups in total. The van der Waals surface area contributed by atoms with E-state index in [2.05, 4.69) is 0 Å². The second kappa shape index (κ2) is 8.37. The Kier molecular flexibility index (Phi) is 5.94. The molecule has 0 heterocycles. The molecule has 1 aliphatic carbocycles. The van der Waals surface area contributed by atoms with Gasteiger partial charge >= 0.3 is 5.97 Å². The number of ether oxygens (including phenoxy) is 1. The molecule has 0 radical (unpaired) electrons. The molecular weight excluding hydrogens is 355 g/mol. The third kappa shape index (κ3) is 4.64. The normalized spacial score (nSPS) is 13.9. The first kappa shape index (κ1) is 18.5. The van der Waals surface area contributed by atoms with E-state index in [0.29, 0.717) is 23.8 Å². The van der Waals surface area contributed by atoms with Crippen molar-refractivity contribution < 1.29 is 19.0 Å². The summed E-state index contributed by atoms with van der Waals surface area (Å²) >= 11 is 6.22. The van der Waals surface area contributed by atoms with Gasteiger partial charge in [-0.15, -0.1) is 0 Å². The van der Waals surface area contributed by atoms with Crippen LogP contribution in [0.15, 0.2) is 48.0 Å². The molecule has 0 atom stereocenters. The van der Waals surface area contributed by atoms with Crippen molar-refractivity contribution in [1.82, 2.24) is 0 Å². The summed E-state index contributed by atoms with van der Waals surface area (Å²) in [6.45, 7) is 0.441. The summed E-state index contributed by atoms with van der Waals surface area (Å²) in [6.07, 6.45) is 3.35. The van der Waals surface area contributed by atoms with Crippen LogP contribution in [-0.2, 0) is 11.2 Å². The quantitative estimate of drug-likeness (QED) is 0.694. The van der Waals surface area contributed by atoms with E-state index in [4.69, 9.17) is 21.4 Å². The second-order valence-corrected chi connectivity index (χ2v) is 6.79. The Morgan fingerprint density at radius 2 is 2.04 bits per heavy atom. The highest BCUT2D eigenvalue weighted by Crippen LogP contribution is 2.34. The molecule has 26 heavy (non-hydrogen) atoms. The van der Waals surface area contributed by atoms with Gasteiger partial charge in [-0.05, 0) is 72.2 Å². The van der Waals surface area contributed by atoms with Crippen molar-refractivity contribution in [1.29, 1.82) is 0 Å². The topological polar surface area (TPSA) is 46.5 Å². The van der Waals surface area contributed by atoms with E-state index >= 15 is 0 Å². The lowest BCUT2D eigenvalue weighted by Crippen LogP contribution is -2.02. The van der Waals surface area contributed by atoms with Crippen LogP contribution in [0.5, 0.6) is 5.75 Å². The zero-order chi connectivity index (χ0) is 18.5. The van der Waals surface area contributed by atoms with Crippen LogP contribution in [0.1, 0.15) is 36.8 Å². The molecule has 2 aromatic rings. The Hall–Kier alpha value is -2.33. The number of benzene rings is 2. The Balaban J connectivity index is 1.69. The van der Waals surface area contributed by atoms with E-state index in [1.54, 1.807) is 30.3 Å². The van der Waals surface area contributed by atoms with Gasteiger partial charge in [-0.3, -0.25) is 4.79 Å². The smallest absolute Gasteiger partial charge is 0.303 e. The average molecular weight is 375 g/mol. The monoisotopic (exact) mass is 374 g/mol. The maximum absolute atomic E-state index is 13.5. The summed E-state index contributed by atoms with van der Waals surface area (Å²) in [6, 6.07) is 12.0. The summed E-state index contributed by atoms with van der Waals surface area (Å²) in [5.74, 6) is -0.433. The summed E-state index contributed by atoms with van der Waals surface area (Å²) in [4.78, 5) is 10.7. The number of allylic oxidation sites excluding steroid dienone is 1. The van der Waals surface area contributed by atoms with Crippen LogP contribution in [0.25, 0.3) is 5.57 Å². The molecule has 136 valence electrons. The van der Waals surface area contributed by atoms with Crippen molar-refractivity contribution in [3.63, 3.8) is 0 Å². The van der Waals surface area contributed by atoms with Crippen LogP contribution in [0.3, 0.4) is 0 Å². The van der Waals surface area contributed by atoms with Gasteiger partial charge in [0.05, 0.1) is 0 Å². The van der Waals surface area contributed by atoms with Gasteiger partial charge in [-0.2, -0.15) is 0 Å². The molecule has 0 saturated carbocycles. The summed E-state index contributed by atoms with van der Waals surface area (Å²) in [7, 11) is 0. The summed E-state index contributed by atoms with van der Waals surface area (Å²) in [5, 5.41) is 9.27. The first-order chi connectivity index (χ1) is 12.5. The van der Waals surface area contributed by atoms with Crippen LogP contribution in [0.4, 0.5) is 4.39 Å². The highest BCUT2D eigenvalue weighted by molar-refractivity contribution is 6.31. The number of carboxylic acid groups (broad SMARTS) is 1. The number of aliphatic carboxylic acids is 1. The predicted molar refractivity (Wildman–Crippen MR) is 100 cm³/mol. The van der Waals surface area contributed by atoms with E-state index in [1.807, 2.05) is 6.07 Å². The fourth-order valence-corrected chi connectivity index (χ4v) is 3.49. The number of carbonyl (C=O) groups is 1. The third-order valence-electron chi connectivity index (χ3n) is 4.55. The van der Waals surface area contributed by atoms with E-state index in [-0.39, 0.29) is 12.2 Å². The van der Waals surface area contributed by atoms with Gasteiger partial charge in [0.1, 0.15) is 18.2 Å². The van der Waals surface area contributed by atoms with Crippen molar-refractivity contribution in [3.05, 3.63) is 70.0 Å². The number of rotatable bonds is 7. The van der Waals surface area contributed by atoms with Crippen molar-refractivity contribution >= 4 is 23.1 Å². The lowest BCUT2D eigenvalue weighted by atomic mass is 10.0. The minimum atomic E-state index is -0.848. The maximum Gasteiger partial charge on any atom is 0.303 e. The minimum absolute atomic E-state index is 0.0454. The van der Waals surface area contributed by atoms with Gasteiger partial charge in [0.15, 0.2) is 0 Å². The van der Waals surface area contributed by atoms with E-state index in [9.17, 15) is 9.18 Å². The van der Waals surface area contributed by atoms with E-state index in [0.717, 1.165) is 36.0 Å². The SMILES string of the molecule is O=C(O)CCc1ccc(OCC2=C(c3cccc(F)c3)CCC2)cc1Cl. The van der Waals surface area contributed by atoms with Crippen LogP contribution >= 0.6 is 11.6 Å². The highest BCUT2D eigenvalue weighted by Gasteiger charge is 2.17. The Morgan fingerprint density at radius 3 is 2.77 bits per heavy atom. The molecular formula is C21H20ClFO3. The Labute approximate surface area is 157 Å². The number of carboxylic acids is 1. The first-order valence-electron chi connectivity index (χ1n) is 8.63. The zero-order valence-corrected chi connectivity index (χ0v) is 15.1. The van der Waals surface area contributed by atoms with Crippen LogP contribution < -0.4 is 4.74 Å². The molecule has 0 aromatic heterocycles. The first-order valence-corrected chi connectivity index (χ1v) is 9.00. The summed E-state index contributed by atoms with van der Waals surface area (Å²) < 4.78 is 19.4. The largest absolute Gasteiger partial charge is 0.489 e. The van der Waals surface area contributed by atoms with Crippen LogP contribution in [-0.4, -0.2) is 17.7 Å². The van der Waals surface area contributed by atoms with Crippen LogP contribution in [0.2, 0.25) is 5.02 Å². The molecule has 5 heteroatoms. The third-order valence-corrected chi connectivity index (χ3v) is 4.90. The maximum atomic E-state index is 13.5. The fraction of sp³-hybridized carbons (Fsp3) is 0.286. The van der Waals surface area contributed by atoms with Crippen molar-refractivity contribution in [2.45, 2.75) is 32.1 Å². The molecule has 3 nitrogen and oxygen atoms in total. The number of aryl methyl sites for hydroxylation is 1. The van der Waals surface area contributed by atoms with Crippen LogP contribution in [0, 0.1) is 5.82 Å².